The summed E-state index contributed by atoms with van der Waals surface area (Å²) < 4.78 is 0. The van der Waals surface area contributed by atoms with Gasteiger partial charge in [0.15, 0.2) is 0 Å². The Balaban J connectivity index is 1.68. The molecule has 4 rings (SSSR count). The van der Waals surface area contributed by atoms with Crippen molar-refractivity contribution in [3.8, 4) is 0 Å². The molecule has 4 aliphatic carbocycles. The van der Waals surface area contributed by atoms with Crippen LogP contribution in [-0.4, -0.2) is 5.78 Å². The van der Waals surface area contributed by atoms with Crippen molar-refractivity contribution in [3.63, 3.8) is 0 Å². The summed E-state index contributed by atoms with van der Waals surface area (Å²) in [6, 6.07) is 0. The lowest BCUT2D eigenvalue weighted by Gasteiger charge is -2.56. The van der Waals surface area contributed by atoms with E-state index in [1.807, 2.05) is 12.5 Å². The van der Waals surface area contributed by atoms with Crippen LogP contribution in [0.3, 0.4) is 0 Å². The van der Waals surface area contributed by atoms with Gasteiger partial charge in [-0.25, -0.2) is 0 Å². The van der Waals surface area contributed by atoms with Crippen molar-refractivity contribution in [3.05, 3.63) is 11.1 Å². The average Bonchev–Trinajstić information content (AvgIpc) is 2.96. The van der Waals surface area contributed by atoms with E-state index in [0.717, 1.165) is 24.2 Å². The third-order valence-corrected chi connectivity index (χ3v) is 8.70. The monoisotopic (exact) mass is 300 g/mol. The lowest BCUT2D eigenvalue weighted by Crippen LogP contribution is -2.49. The first-order chi connectivity index (χ1) is 10.4. The highest BCUT2D eigenvalue weighted by molar-refractivity contribution is 5.79. The van der Waals surface area contributed by atoms with Crippen LogP contribution in [0.25, 0.3) is 0 Å². The fourth-order valence-corrected chi connectivity index (χ4v) is 7.60. The Morgan fingerprint density at radius 2 is 1.77 bits per heavy atom. The average molecular weight is 300 g/mol. The van der Waals surface area contributed by atoms with Gasteiger partial charge in [-0.05, 0) is 93.8 Å². The molecule has 4 aliphatic rings. The molecular formula is C21H32O. The second-order valence-electron chi connectivity index (χ2n) is 9.38. The number of hydrogen-bond donors (Lipinski definition) is 0. The summed E-state index contributed by atoms with van der Waals surface area (Å²) in [4.78, 5) is 12.1. The van der Waals surface area contributed by atoms with Gasteiger partial charge < -0.3 is 0 Å². The van der Waals surface area contributed by atoms with Gasteiger partial charge in [0.05, 0.1) is 0 Å². The van der Waals surface area contributed by atoms with Crippen LogP contribution in [0, 0.1) is 34.5 Å². The predicted molar refractivity (Wildman–Crippen MR) is 90.5 cm³/mol. The third-order valence-electron chi connectivity index (χ3n) is 8.70. The molecule has 0 bridgehead atoms. The van der Waals surface area contributed by atoms with Gasteiger partial charge in [-0.1, -0.05) is 25.0 Å². The summed E-state index contributed by atoms with van der Waals surface area (Å²) in [5.41, 5.74) is 4.36. The van der Waals surface area contributed by atoms with Crippen LogP contribution in [0.15, 0.2) is 11.1 Å². The zero-order chi connectivity index (χ0) is 15.7. The number of fused-ring (bicyclic) bond motifs is 5. The Morgan fingerprint density at radius 3 is 2.50 bits per heavy atom. The van der Waals surface area contributed by atoms with Gasteiger partial charge in [0.1, 0.15) is 5.78 Å². The van der Waals surface area contributed by atoms with Crippen LogP contribution < -0.4 is 0 Å². The Hall–Kier alpha value is -0.590. The van der Waals surface area contributed by atoms with Crippen LogP contribution in [0.1, 0.15) is 79.1 Å². The van der Waals surface area contributed by atoms with Gasteiger partial charge in [0.25, 0.3) is 0 Å². The smallest absolute Gasteiger partial charge is 0.133 e. The summed E-state index contributed by atoms with van der Waals surface area (Å²) in [5.74, 6) is 3.43. The number of allylic oxidation sites excluding steroid dienone is 2. The molecule has 3 saturated carbocycles. The number of carbonyl (C=O) groups is 1. The highest BCUT2D eigenvalue weighted by atomic mass is 16.1. The lowest BCUT2D eigenvalue weighted by molar-refractivity contribution is -0.127. The minimum atomic E-state index is 0.318. The summed E-state index contributed by atoms with van der Waals surface area (Å²) >= 11 is 0. The molecule has 0 aliphatic heterocycles. The fraction of sp³-hybridized carbons (Fsp3) is 0.857. The van der Waals surface area contributed by atoms with E-state index in [0.29, 0.717) is 22.5 Å². The van der Waals surface area contributed by atoms with Crippen LogP contribution >= 0.6 is 0 Å². The first kappa shape index (κ1) is 15.0. The van der Waals surface area contributed by atoms with Gasteiger partial charge in [-0.15, -0.1) is 0 Å². The quantitative estimate of drug-likeness (QED) is 0.581. The molecule has 0 aromatic heterocycles. The van der Waals surface area contributed by atoms with Crippen LogP contribution in [0.2, 0.25) is 0 Å². The third kappa shape index (κ3) is 1.74. The molecule has 0 unspecified atom stereocenters. The zero-order valence-corrected chi connectivity index (χ0v) is 14.9. The lowest BCUT2D eigenvalue weighted by atomic mass is 9.48. The number of rotatable bonds is 1. The van der Waals surface area contributed by atoms with E-state index in [4.69, 9.17) is 0 Å². The fourth-order valence-electron chi connectivity index (χ4n) is 7.60. The van der Waals surface area contributed by atoms with E-state index in [1.54, 1.807) is 5.57 Å². The first-order valence-corrected chi connectivity index (χ1v) is 9.57. The number of hydrogen-bond acceptors (Lipinski definition) is 1. The van der Waals surface area contributed by atoms with Crippen LogP contribution in [0.5, 0.6) is 0 Å². The molecule has 0 aromatic rings. The molecule has 0 radical (unpaired) electrons. The number of Topliss-reactive ketones (excluding diaryl/α,β-unsaturated/α-hetero) is 1. The van der Waals surface area contributed by atoms with E-state index in [9.17, 15) is 4.79 Å². The van der Waals surface area contributed by atoms with Crippen molar-refractivity contribution >= 4 is 5.78 Å². The largest absolute Gasteiger partial charge is 0.300 e. The van der Waals surface area contributed by atoms with Crippen molar-refractivity contribution in [1.29, 1.82) is 0 Å². The van der Waals surface area contributed by atoms with E-state index < -0.39 is 0 Å². The van der Waals surface area contributed by atoms with E-state index >= 15 is 0 Å². The number of ketones is 1. The van der Waals surface area contributed by atoms with Crippen molar-refractivity contribution in [1.82, 2.24) is 0 Å². The maximum absolute atomic E-state index is 12.1. The first-order valence-electron chi connectivity index (χ1n) is 9.57. The molecule has 0 N–H and O–H groups in total. The Morgan fingerprint density at radius 1 is 1.00 bits per heavy atom. The van der Waals surface area contributed by atoms with Crippen molar-refractivity contribution < 1.29 is 4.79 Å². The summed E-state index contributed by atoms with van der Waals surface area (Å²) in [6.07, 6.45) is 10.6. The summed E-state index contributed by atoms with van der Waals surface area (Å²) in [6.45, 7) is 9.26. The Bertz CT molecular complexity index is 544. The molecular weight excluding hydrogens is 268 g/mol. The zero-order valence-electron chi connectivity index (χ0n) is 14.9. The van der Waals surface area contributed by atoms with Crippen molar-refractivity contribution in [2.75, 3.05) is 0 Å². The van der Waals surface area contributed by atoms with E-state index in [1.165, 1.54) is 44.9 Å². The predicted octanol–water partition coefficient (Wildman–Crippen LogP) is 5.54. The second kappa shape index (κ2) is 4.71. The van der Waals surface area contributed by atoms with Gasteiger partial charge >= 0.3 is 0 Å². The Kier molecular flexibility index (Phi) is 3.20. The van der Waals surface area contributed by atoms with Crippen LogP contribution in [-0.2, 0) is 4.79 Å². The molecule has 1 heteroatoms. The topological polar surface area (TPSA) is 17.1 Å². The molecule has 122 valence electrons. The molecule has 0 amide bonds. The van der Waals surface area contributed by atoms with Gasteiger partial charge in [0, 0.05) is 5.92 Å². The molecule has 0 spiro atoms. The molecule has 3 fully saturated rings. The SMILES string of the molecule is CC(=O)[C@H]1CC[C@H]2[C@@H]3CCC4=C(C)CC[C@]4(C)[C@H]3CC[C@]12C. The molecule has 22 heavy (non-hydrogen) atoms. The van der Waals surface area contributed by atoms with E-state index in [-0.39, 0.29) is 0 Å². The highest BCUT2D eigenvalue weighted by Gasteiger charge is 2.59. The van der Waals surface area contributed by atoms with Gasteiger partial charge in [-0.3, -0.25) is 4.79 Å². The second-order valence-corrected chi connectivity index (χ2v) is 9.38. The van der Waals surface area contributed by atoms with Crippen molar-refractivity contribution in [2.45, 2.75) is 79.1 Å². The summed E-state index contributed by atoms with van der Waals surface area (Å²) in [5, 5.41) is 0. The van der Waals surface area contributed by atoms with Gasteiger partial charge in [-0.2, -0.15) is 0 Å². The molecule has 0 heterocycles. The molecule has 6 atom stereocenters. The van der Waals surface area contributed by atoms with Crippen LogP contribution in [0.4, 0.5) is 0 Å². The molecule has 0 saturated heterocycles. The minimum Gasteiger partial charge on any atom is -0.300 e. The highest BCUT2D eigenvalue weighted by Crippen LogP contribution is 2.67. The normalized spacial score (nSPS) is 50.5. The van der Waals surface area contributed by atoms with E-state index in [2.05, 4.69) is 20.8 Å². The maximum atomic E-state index is 12.1. The Labute approximate surface area is 135 Å². The maximum Gasteiger partial charge on any atom is 0.133 e. The number of carbonyl (C=O) groups excluding carboxylic acids is 1. The standard InChI is InChI=1S/C21H32O/c1-13-9-11-20(3)16(13)6-5-15-18-8-7-17(14(2)22)21(18,4)12-10-19(15)20/h15,17-19H,5-12H2,1-4H3/t15-,17+,18-,19-,20-,21+/m0/s1. The van der Waals surface area contributed by atoms with Crippen molar-refractivity contribution in [2.24, 2.45) is 34.5 Å². The summed E-state index contributed by atoms with van der Waals surface area (Å²) in [7, 11) is 0. The van der Waals surface area contributed by atoms with Gasteiger partial charge in [0.2, 0.25) is 0 Å². The molecule has 1 nitrogen and oxygen atoms in total. The minimum absolute atomic E-state index is 0.318. The molecule has 0 aromatic carbocycles.